The quantitative estimate of drug-likeness (QED) is 0.669. The Bertz CT molecular complexity index is 659. The molecular formula is C13H18N2O5S. The van der Waals surface area contributed by atoms with Crippen LogP contribution in [-0.4, -0.2) is 41.9 Å². The minimum atomic E-state index is -3.77. The van der Waals surface area contributed by atoms with Gasteiger partial charge < -0.3 is 5.11 Å². The number of hydrogen-bond donors (Lipinski definition) is 1. The molecule has 0 aliphatic carbocycles. The van der Waals surface area contributed by atoms with Gasteiger partial charge in [-0.25, -0.2) is 8.42 Å². The van der Waals surface area contributed by atoms with Crippen LogP contribution < -0.4 is 0 Å². The maximum absolute atomic E-state index is 12.5. The van der Waals surface area contributed by atoms with Crippen molar-refractivity contribution < 1.29 is 18.4 Å². The molecule has 1 aromatic rings. The van der Waals surface area contributed by atoms with Crippen molar-refractivity contribution in [1.82, 2.24) is 4.31 Å². The Morgan fingerprint density at radius 2 is 2.10 bits per heavy atom. The van der Waals surface area contributed by atoms with E-state index < -0.39 is 21.1 Å². The van der Waals surface area contributed by atoms with Crippen molar-refractivity contribution in [2.45, 2.75) is 31.3 Å². The molecule has 1 N–H and O–H groups in total. The van der Waals surface area contributed by atoms with E-state index in [2.05, 4.69) is 0 Å². The largest absolute Gasteiger partial charge is 0.393 e. The molecule has 0 amide bonds. The highest BCUT2D eigenvalue weighted by Crippen LogP contribution is 2.27. The van der Waals surface area contributed by atoms with Gasteiger partial charge in [0.15, 0.2) is 0 Å². The van der Waals surface area contributed by atoms with Gasteiger partial charge in [-0.2, -0.15) is 4.31 Å². The number of hydrogen-bond acceptors (Lipinski definition) is 5. The molecule has 7 nitrogen and oxygen atoms in total. The predicted octanol–water partition coefficient (Wildman–Crippen LogP) is 1.29. The molecule has 21 heavy (non-hydrogen) atoms. The second-order valence-electron chi connectivity index (χ2n) is 5.40. The van der Waals surface area contributed by atoms with Gasteiger partial charge in [-0.15, -0.1) is 0 Å². The first-order valence-electron chi connectivity index (χ1n) is 6.66. The highest BCUT2D eigenvalue weighted by molar-refractivity contribution is 7.89. The van der Waals surface area contributed by atoms with Gasteiger partial charge in [-0.1, -0.05) is 13.0 Å². The molecule has 8 heteroatoms. The molecular weight excluding hydrogens is 296 g/mol. The highest BCUT2D eigenvalue weighted by atomic mass is 32.2. The minimum absolute atomic E-state index is 0.0802. The maximum atomic E-state index is 12.5. The number of aryl methyl sites for hydroxylation is 1. The van der Waals surface area contributed by atoms with Crippen LogP contribution in [0, 0.1) is 23.0 Å². The molecule has 1 aromatic carbocycles. The average Bonchev–Trinajstić information content (AvgIpc) is 2.41. The van der Waals surface area contributed by atoms with Crippen molar-refractivity contribution >= 4 is 15.7 Å². The third-order valence-corrected chi connectivity index (χ3v) is 5.70. The molecule has 116 valence electrons. The lowest BCUT2D eigenvalue weighted by Gasteiger charge is -2.33. The zero-order valence-corrected chi connectivity index (χ0v) is 12.7. The Kier molecular flexibility index (Phi) is 4.31. The van der Waals surface area contributed by atoms with Gasteiger partial charge in [0.2, 0.25) is 10.0 Å². The summed E-state index contributed by atoms with van der Waals surface area (Å²) in [5, 5.41) is 20.6. The minimum Gasteiger partial charge on any atom is -0.393 e. The lowest BCUT2D eigenvalue weighted by atomic mass is 9.99. The lowest BCUT2D eigenvalue weighted by Crippen LogP contribution is -2.44. The van der Waals surface area contributed by atoms with E-state index in [-0.39, 0.29) is 29.6 Å². The van der Waals surface area contributed by atoms with E-state index in [1.165, 1.54) is 16.4 Å². The van der Waals surface area contributed by atoms with Gasteiger partial charge >= 0.3 is 0 Å². The predicted molar refractivity (Wildman–Crippen MR) is 76.4 cm³/mol. The maximum Gasteiger partial charge on any atom is 0.273 e. The fourth-order valence-electron chi connectivity index (χ4n) is 2.41. The Hall–Kier alpha value is -1.51. The van der Waals surface area contributed by atoms with E-state index in [1.54, 1.807) is 13.8 Å². The summed E-state index contributed by atoms with van der Waals surface area (Å²) in [7, 11) is -3.77. The van der Waals surface area contributed by atoms with Crippen LogP contribution in [0.4, 0.5) is 5.69 Å². The standard InChI is InChI=1S/C13H18N2O5S/c1-9-3-4-11(7-12(9)15(17)18)21(19,20)14-6-5-13(16)10(2)8-14/h3-4,7,10,13,16H,5-6,8H2,1-2H3. The Labute approximate surface area is 123 Å². The van der Waals surface area contributed by atoms with Crippen molar-refractivity contribution in [1.29, 1.82) is 0 Å². The van der Waals surface area contributed by atoms with Crippen molar-refractivity contribution in [2.75, 3.05) is 13.1 Å². The van der Waals surface area contributed by atoms with Crippen LogP contribution in [0.1, 0.15) is 18.9 Å². The molecule has 2 atom stereocenters. The number of nitro benzene ring substituents is 1. The summed E-state index contributed by atoms with van der Waals surface area (Å²) in [5.41, 5.74) is 0.211. The Morgan fingerprint density at radius 1 is 1.43 bits per heavy atom. The number of rotatable bonds is 3. The first-order chi connectivity index (χ1) is 9.73. The monoisotopic (exact) mass is 314 g/mol. The molecule has 0 bridgehead atoms. The number of nitro groups is 1. The van der Waals surface area contributed by atoms with Gasteiger partial charge in [0.1, 0.15) is 0 Å². The number of aliphatic hydroxyl groups excluding tert-OH is 1. The molecule has 2 rings (SSSR count). The van der Waals surface area contributed by atoms with Crippen molar-refractivity contribution in [3.63, 3.8) is 0 Å². The first-order valence-corrected chi connectivity index (χ1v) is 8.10. The van der Waals surface area contributed by atoms with Crippen LogP contribution in [0.5, 0.6) is 0 Å². The molecule has 0 spiro atoms. The molecule has 2 unspecified atom stereocenters. The van der Waals surface area contributed by atoms with Crippen LogP contribution in [0.25, 0.3) is 0 Å². The van der Waals surface area contributed by atoms with Crippen LogP contribution in [0.15, 0.2) is 23.1 Å². The second kappa shape index (κ2) is 5.70. The smallest absolute Gasteiger partial charge is 0.273 e. The summed E-state index contributed by atoms with van der Waals surface area (Å²) in [4.78, 5) is 10.3. The molecule has 1 heterocycles. The molecule has 1 aliphatic heterocycles. The van der Waals surface area contributed by atoms with Crippen LogP contribution in [-0.2, 0) is 10.0 Å². The summed E-state index contributed by atoms with van der Waals surface area (Å²) in [6, 6.07) is 3.92. The number of sulfonamides is 1. The van der Waals surface area contributed by atoms with Crippen molar-refractivity contribution in [2.24, 2.45) is 5.92 Å². The third kappa shape index (κ3) is 3.07. The molecule has 1 aliphatic rings. The van der Waals surface area contributed by atoms with Crippen LogP contribution >= 0.6 is 0 Å². The molecule has 0 radical (unpaired) electrons. The van der Waals surface area contributed by atoms with Gasteiger partial charge in [0, 0.05) is 24.7 Å². The fraction of sp³-hybridized carbons (Fsp3) is 0.538. The van der Waals surface area contributed by atoms with Crippen molar-refractivity contribution in [3.05, 3.63) is 33.9 Å². The average molecular weight is 314 g/mol. The van der Waals surface area contributed by atoms with Crippen molar-refractivity contribution in [3.8, 4) is 0 Å². The first kappa shape index (κ1) is 15.9. The molecule has 0 saturated carbocycles. The number of nitrogens with zero attached hydrogens (tertiary/aromatic N) is 2. The van der Waals surface area contributed by atoms with Gasteiger partial charge in [0.05, 0.1) is 15.9 Å². The fourth-order valence-corrected chi connectivity index (χ4v) is 3.98. The van der Waals surface area contributed by atoms with Gasteiger partial charge in [-0.3, -0.25) is 10.1 Å². The molecule has 0 aromatic heterocycles. The summed E-state index contributed by atoms with van der Waals surface area (Å²) >= 11 is 0. The lowest BCUT2D eigenvalue weighted by molar-refractivity contribution is -0.385. The van der Waals surface area contributed by atoms with E-state index in [1.807, 2.05) is 0 Å². The number of aliphatic hydroxyl groups is 1. The summed E-state index contributed by atoms with van der Waals surface area (Å²) in [6.45, 7) is 3.78. The highest BCUT2D eigenvalue weighted by Gasteiger charge is 2.33. The topological polar surface area (TPSA) is 101 Å². The van der Waals surface area contributed by atoms with Crippen LogP contribution in [0.2, 0.25) is 0 Å². The SMILES string of the molecule is Cc1ccc(S(=O)(=O)N2CCC(O)C(C)C2)cc1[N+](=O)[O-]. The van der Waals surface area contributed by atoms with E-state index >= 15 is 0 Å². The summed E-state index contributed by atoms with van der Waals surface area (Å²) in [6.07, 6.45) is -0.141. The van der Waals surface area contributed by atoms with E-state index in [9.17, 15) is 23.6 Å². The van der Waals surface area contributed by atoms with Crippen LogP contribution in [0.3, 0.4) is 0 Å². The normalized spacial score (nSPS) is 24.0. The molecule has 1 saturated heterocycles. The van der Waals surface area contributed by atoms with E-state index in [0.717, 1.165) is 6.07 Å². The van der Waals surface area contributed by atoms with Gasteiger partial charge in [-0.05, 0) is 25.3 Å². The Balaban J connectivity index is 2.36. The third-order valence-electron chi connectivity index (χ3n) is 3.84. The number of piperidine rings is 1. The van der Waals surface area contributed by atoms with E-state index in [0.29, 0.717) is 12.0 Å². The number of benzene rings is 1. The summed E-state index contributed by atoms with van der Waals surface area (Å²) < 4.78 is 26.4. The Morgan fingerprint density at radius 3 is 2.67 bits per heavy atom. The molecule has 1 fully saturated rings. The zero-order valence-electron chi connectivity index (χ0n) is 11.9. The van der Waals surface area contributed by atoms with E-state index in [4.69, 9.17) is 0 Å². The summed E-state index contributed by atoms with van der Waals surface area (Å²) in [5.74, 6) is -0.158. The van der Waals surface area contributed by atoms with Gasteiger partial charge in [0.25, 0.3) is 5.69 Å². The second-order valence-corrected chi connectivity index (χ2v) is 7.34. The zero-order chi connectivity index (χ0) is 15.8.